The highest BCUT2D eigenvalue weighted by Crippen LogP contribution is 2.16. The number of carbonyl (C=O) groups is 1. The van der Waals surface area contributed by atoms with Crippen molar-refractivity contribution in [2.24, 2.45) is 11.7 Å². The molecule has 0 aliphatic carbocycles. The van der Waals surface area contributed by atoms with Gasteiger partial charge in [-0.05, 0) is 30.9 Å². The van der Waals surface area contributed by atoms with Crippen molar-refractivity contribution in [3.63, 3.8) is 0 Å². The van der Waals surface area contributed by atoms with Gasteiger partial charge in [0, 0.05) is 6.42 Å². The molecule has 1 aromatic rings. The van der Waals surface area contributed by atoms with Crippen LogP contribution in [0.15, 0.2) is 30.3 Å². The third-order valence-electron chi connectivity index (χ3n) is 3.32. The summed E-state index contributed by atoms with van der Waals surface area (Å²) in [6, 6.07) is 9.77. The molecule has 1 amide bonds. The first-order valence-corrected chi connectivity index (χ1v) is 7.40. The molecule has 0 fully saturated rings. The van der Waals surface area contributed by atoms with E-state index >= 15 is 0 Å². The first-order valence-electron chi connectivity index (χ1n) is 7.40. The molecule has 0 radical (unpaired) electrons. The van der Waals surface area contributed by atoms with Crippen LogP contribution >= 0.6 is 0 Å². The quantitative estimate of drug-likeness (QED) is 0.647. The van der Waals surface area contributed by atoms with Gasteiger partial charge in [-0.1, -0.05) is 50.1 Å². The number of hydrogen-bond donors (Lipinski definition) is 2. The second kappa shape index (κ2) is 10.4. The van der Waals surface area contributed by atoms with Crippen molar-refractivity contribution in [1.82, 2.24) is 5.48 Å². The van der Waals surface area contributed by atoms with Crippen molar-refractivity contribution in [2.75, 3.05) is 6.54 Å². The second-order valence-corrected chi connectivity index (χ2v) is 5.07. The lowest BCUT2D eigenvalue weighted by atomic mass is 9.94. The van der Waals surface area contributed by atoms with E-state index in [1.165, 1.54) is 0 Å². The van der Waals surface area contributed by atoms with E-state index in [0.717, 1.165) is 31.2 Å². The van der Waals surface area contributed by atoms with Crippen LogP contribution in [0.2, 0.25) is 0 Å². The average molecular weight is 278 g/mol. The van der Waals surface area contributed by atoms with Gasteiger partial charge >= 0.3 is 0 Å². The topological polar surface area (TPSA) is 64.4 Å². The number of nitrogens with two attached hydrogens (primary N) is 1. The van der Waals surface area contributed by atoms with Gasteiger partial charge < -0.3 is 5.73 Å². The Hall–Kier alpha value is -1.39. The van der Waals surface area contributed by atoms with Gasteiger partial charge in [-0.2, -0.15) is 0 Å². The van der Waals surface area contributed by atoms with E-state index in [0.29, 0.717) is 25.5 Å². The van der Waals surface area contributed by atoms with E-state index in [2.05, 4.69) is 12.4 Å². The highest BCUT2D eigenvalue weighted by atomic mass is 16.6. The molecule has 1 rings (SSSR count). The van der Waals surface area contributed by atoms with Gasteiger partial charge in [0.25, 0.3) is 0 Å². The lowest BCUT2D eigenvalue weighted by Crippen LogP contribution is -2.24. The fraction of sp³-hybridized carbons (Fsp3) is 0.562. The molecule has 112 valence electrons. The minimum absolute atomic E-state index is 0.0564. The molecule has 0 aliphatic heterocycles. The lowest BCUT2D eigenvalue weighted by molar-refractivity contribution is -0.134. The van der Waals surface area contributed by atoms with Crippen molar-refractivity contribution >= 4 is 5.91 Å². The van der Waals surface area contributed by atoms with Gasteiger partial charge in [-0.25, -0.2) is 5.48 Å². The molecule has 0 heterocycles. The van der Waals surface area contributed by atoms with Gasteiger partial charge in [0.2, 0.25) is 5.91 Å². The van der Waals surface area contributed by atoms with Gasteiger partial charge in [-0.3, -0.25) is 9.63 Å². The van der Waals surface area contributed by atoms with E-state index < -0.39 is 0 Å². The first-order chi connectivity index (χ1) is 9.76. The number of hydrogen-bond acceptors (Lipinski definition) is 3. The minimum atomic E-state index is -0.0564. The Kier molecular flexibility index (Phi) is 8.67. The van der Waals surface area contributed by atoms with Crippen LogP contribution in [0.25, 0.3) is 0 Å². The summed E-state index contributed by atoms with van der Waals surface area (Å²) >= 11 is 0. The molecule has 0 aromatic heterocycles. The third-order valence-corrected chi connectivity index (χ3v) is 3.32. The standard InChI is InChI=1S/C16H26N2O2/c1-2-6-14(11-12-17)9-10-16(19)18-20-13-15-7-4-3-5-8-15/h3-5,7-8,14H,2,6,9-13,17H2,1H3,(H,18,19). The Morgan fingerprint density at radius 3 is 2.65 bits per heavy atom. The largest absolute Gasteiger partial charge is 0.330 e. The van der Waals surface area contributed by atoms with Crippen LogP contribution in [0, 0.1) is 5.92 Å². The van der Waals surface area contributed by atoms with Gasteiger partial charge in [0.05, 0.1) is 6.61 Å². The molecule has 0 aliphatic rings. The average Bonchev–Trinajstić information content (AvgIpc) is 2.46. The molecule has 0 saturated heterocycles. The van der Waals surface area contributed by atoms with Crippen LogP contribution in [0.1, 0.15) is 44.6 Å². The van der Waals surface area contributed by atoms with Crippen molar-refractivity contribution in [2.45, 2.75) is 45.6 Å². The number of benzene rings is 1. The summed E-state index contributed by atoms with van der Waals surface area (Å²) in [7, 11) is 0. The first kappa shape index (κ1) is 16.7. The maximum Gasteiger partial charge on any atom is 0.243 e. The molecule has 4 nitrogen and oxygen atoms in total. The molecular formula is C16H26N2O2. The highest BCUT2D eigenvalue weighted by Gasteiger charge is 2.10. The SMILES string of the molecule is CCCC(CCN)CCC(=O)NOCc1ccccc1. The predicted molar refractivity (Wildman–Crippen MR) is 80.7 cm³/mol. The van der Waals surface area contributed by atoms with Gasteiger partial charge in [-0.15, -0.1) is 0 Å². The summed E-state index contributed by atoms with van der Waals surface area (Å²) < 4.78 is 0. The van der Waals surface area contributed by atoms with Crippen LogP contribution in [0.4, 0.5) is 0 Å². The highest BCUT2D eigenvalue weighted by molar-refractivity contribution is 5.74. The van der Waals surface area contributed by atoms with Crippen molar-refractivity contribution < 1.29 is 9.63 Å². The Morgan fingerprint density at radius 2 is 2.00 bits per heavy atom. The molecule has 1 unspecified atom stereocenters. The molecule has 0 spiro atoms. The Balaban J connectivity index is 2.16. The molecule has 4 heteroatoms. The summed E-state index contributed by atoms with van der Waals surface area (Å²) in [5, 5.41) is 0. The number of amides is 1. The van der Waals surface area contributed by atoms with E-state index in [1.54, 1.807) is 0 Å². The zero-order valence-corrected chi connectivity index (χ0v) is 12.3. The molecule has 1 aromatic carbocycles. The fourth-order valence-corrected chi connectivity index (χ4v) is 2.24. The minimum Gasteiger partial charge on any atom is -0.330 e. The summed E-state index contributed by atoms with van der Waals surface area (Å²) in [4.78, 5) is 16.9. The Morgan fingerprint density at radius 1 is 1.25 bits per heavy atom. The zero-order valence-electron chi connectivity index (χ0n) is 12.3. The summed E-state index contributed by atoms with van der Waals surface area (Å²) in [5.74, 6) is 0.490. The maximum atomic E-state index is 11.7. The van der Waals surface area contributed by atoms with Crippen LogP contribution in [-0.4, -0.2) is 12.5 Å². The summed E-state index contributed by atoms with van der Waals surface area (Å²) in [6.07, 6.45) is 4.64. The van der Waals surface area contributed by atoms with Crippen molar-refractivity contribution in [3.8, 4) is 0 Å². The summed E-state index contributed by atoms with van der Waals surface area (Å²) in [5.41, 5.74) is 9.13. The second-order valence-electron chi connectivity index (χ2n) is 5.07. The molecule has 0 bridgehead atoms. The molecule has 20 heavy (non-hydrogen) atoms. The van der Waals surface area contributed by atoms with E-state index in [4.69, 9.17) is 10.6 Å². The summed E-state index contributed by atoms with van der Waals surface area (Å²) in [6.45, 7) is 3.25. The Bertz CT molecular complexity index is 362. The number of carbonyl (C=O) groups excluding carboxylic acids is 1. The monoisotopic (exact) mass is 278 g/mol. The molecule has 3 N–H and O–H groups in total. The lowest BCUT2D eigenvalue weighted by Gasteiger charge is -2.14. The van der Waals surface area contributed by atoms with Crippen LogP contribution < -0.4 is 11.2 Å². The Labute approximate surface area is 121 Å². The maximum absolute atomic E-state index is 11.7. The number of nitrogens with one attached hydrogen (secondary N) is 1. The molecule has 0 saturated carbocycles. The third kappa shape index (κ3) is 7.26. The molecule has 1 atom stereocenters. The zero-order chi connectivity index (χ0) is 14.6. The normalized spacial score (nSPS) is 12.1. The molecular weight excluding hydrogens is 252 g/mol. The fourth-order valence-electron chi connectivity index (χ4n) is 2.24. The van der Waals surface area contributed by atoms with Crippen molar-refractivity contribution in [3.05, 3.63) is 35.9 Å². The van der Waals surface area contributed by atoms with Crippen molar-refractivity contribution in [1.29, 1.82) is 0 Å². The predicted octanol–water partition coefficient (Wildman–Crippen LogP) is 2.78. The van der Waals surface area contributed by atoms with Crippen LogP contribution in [-0.2, 0) is 16.2 Å². The smallest absolute Gasteiger partial charge is 0.243 e. The van der Waals surface area contributed by atoms with E-state index in [9.17, 15) is 4.79 Å². The van der Waals surface area contributed by atoms with Crippen LogP contribution in [0.3, 0.4) is 0 Å². The van der Waals surface area contributed by atoms with Gasteiger partial charge in [0.1, 0.15) is 0 Å². The van der Waals surface area contributed by atoms with Gasteiger partial charge in [0.15, 0.2) is 0 Å². The van der Waals surface area contributed by atoms with E-state index in [-0.39, 0.29) is 5.91 Å². The number of hydroxylamine groups is 1. The number of rotatable bonds is 10. The van der Waals surface area contributed by atoms with Crippen LogP contribution in [0.5, 0.6) is 0 Å². The van der Waals surface area contributed by atoms with E-state index in [1.807, 2.05) is 30.3 Å².